The number of aliphatic hydroxyl groups excluding tert-OH is 2. The van der Waals surface area contributed by atoms with E-state index in [-0.39, 0.29) is 54.8 Å². The molecule has 3 aliphatic rings. The standard InChI is InChI=1S/C35H42N4O8/c1-37(2)20-10-7-17(8-11-20)13-21(40)12-9-18-16-24(38(3)4)22-14-19-15-23-28(39(5)6)31(43)27(34(36)46)33(45)35(23,47)32(44)25(19)30(42)26(22)29(18)41/h7-8,10-11,16,19,23,28,41-42,45,47H,9,12-15H2,1-6H3,(H2,36,46)/t19-,23-,28-,35-/m1/s1. The fourth-order valence-electron chi connectivity index (χ4n) is 7.44. The molecule has 6 N–H and O–H groups in total. The number of carbonyl (C=O) groups is 4. The molecule has 3 aliphatic carbocycles. The lowest BCUT2D eigenvalue weighted by Crippen LogP contribution is -2.65. The van der Waals surface area contributed by atoms with Gasteiger partial charge in [-0.05, 0) is 74.2 Å². The van der Waals surface area contributed by atoms with Crippen LogP contribution in [0, 0.1) is 11.8 Å². The second-order valence-corrected chi connectivity index (χ2v) is 13.4. The summed E-state index contributed by atoms with van der Waals surface area (Å²) in [6.45, 7) is 0. The molecule has 5 rings (SSSR count). The summed E-state index contributed by atoms with van der Waals surface area (Å²) in [6.07, 6.45) is 0.678. The zero-order valence-electron chi connectivity index (χ0n) is 27.5. The van der Waals surface area contributed by atoms with E-state index >= 15 is 0 Å². The lowest BCUT2D eigenvalue weighted by atomic mass is 9.57. The highest BCUT2D eigenvalue weighted by Gasteiger charge is 2.64. The van der Waals surface area contributed by atoms with Crippen LogP contribution in [0.1, 0.15) is 35.1 Å². The van der Waals surface area contributed by atoms with Crippen LogP contribution in [0.25, 0.3) is 5.76 Å². The topological polar surface area (TPSA) is 185 Å². The number of phenolic OH excluding ortho intramolecular Hbond substituents is 1. The van der Waals surface area contributed by atoms with Crippen LogP contribution >= 0.6 is 0 Å². The number of carbonyl (C=O) groups excluding carboxylic acids is 4. The molecule has 12 heteroatoms. The van der Waals surface area contributed by atoms with Crippen molar-refractivity contribution >= 4 is 40.4 Å². The smallest absolute Gasteiger partial charge is 0.255 e. The molecule has 2 aromatic rings. The van der Waals surface area contributed by atoms with Crippen molar-refractivity contribution < 1.29 is 39.6 Å². The van der Waals surface area contributed by atoms with Gasteiger partial charge in [0, 0.05) is 63.9 Å². The highest BCUT2D eigenvalue weighted by atomic mass is 16.3. The van der Waals surface area contributed by atoms with Gasteiger partial charge in [0.15, 0.2) is 11.4 Å². The number of aliphatic hydroxyl groups is 3. The quantitative estimate of drug-likeness (QED) is 0.251. The molecule has 1 fully saturated rings. The minimum atomic E-state index is -2.71. The molecular formula is C35H42N4O8. The summed E-state index contributed by atoms with van der Waals surface area (Å²) in [6, 6.07) is 8.29. The van der Waals surface area contributed by atoms with Gasteiger partial charge in [-0.15, -0.1) is 0 Å². The number of nitrogens with zero attached hydrogens (tertiary/aromatic N) is 3. The zero-order valence-corrected chi connectivity index (χ0v) is 27.5. The van der Waals surface area contributed by atoms with Gasteiger partial charge in [-0.2, -0.15) is 0 Å². The summed E-state index contributed by atoms with van der Waals surface area (Å²) < 4.78 is 0. The van der Waals surface area contributed by atoms with E-state index in [0.717, 1.165) is 11.3 Å². The first kappa shape index (κ1) is 33.7. The number of hydrogen-bond acceptors (Lipinski definition) is 11. The Hall–Kier alpha value is -4.68. The lowest BCUT2D eigenvalue weighted by molar-refractivity contribution is -0.153. The summed E-state index contributed by atoms with van der Waals surface area (Å²) in [7, 11) is 10.6. The van der Waals surface area contributed by atoms with Crippen molar-refractivity contribution in [3.63, 3.8) is 0 Å². The third-order valence-corrected chi connectivity index (χ3v) is 9.79. The number of phenols is 1. The van der Waals surface area contributed by atoms with Gasteiger partial charge in [0.05, 0.1) is 11.6 Å². The Morgan fingerprint density at radius 2 is 1.62 bits per heavy atom. The van der Waals surface area contributed by atoms with E-state index in [9.17, 15) is 39.6 Å². The van der Waals surface area contributed by atoms with Crippen LogP contribution in [0.3, 0.4) is 0 Å². The van der Waals surface area contributed by atoms with E-state index in [2.05, 4.69) is 0 Å². The largest absolute Gasteiger partial charge is 0.508 e. The molecular weight excluding hydrogens is 604 g/mol. The van der Waals surface area contributed by atoms with E-state index in [1.807, 2.05) is 48.2 Å². The van der Waals surface area contributed by atoms with Crippen molar-refractivity contribution in [1.29, 1.82) is 0 Å². The molecule has 250 valence electrons. The first-order valence-electron chi connectivity index (χ1n) is 15.5. The summed E-state index contributed by atoms with van der Waals surface area (Å²) in [5.41, 5.74) is 5.14. The molecule has 0 bridgehead atoms. The van der Waals surface area contributed by atoms with Crippen LogP contribution in [0.2, 0.25) is 0 Å². The predicted molar refractivity (Wildman–Crippen MR) is 176 cm³/mol. The van der Waals surface area contributed by atoms with Gasteiger partial charge in [-0.25, -0.2) is 0 Å². The number of anilines is 2. The third kappa shape index (κ3) is 5.44. The Kier molecular flexibility index (Phi) is 8.71. The maximum absolute atomic E-state index is 14.2. The lowest BCUT2D eigenvalue weighted by Gasteiger charge is -2.50. The van der Waals surface area contributed by atoms with Crippen LogP contribution < -0.4 is 15.5 Å². The fourth-order valence-corrected chi connectivity index (χ4v) is 7.44. The molecule has 0 spiro atoms. The number of benzene rings is 2. The van der Waals surface area contributed by atoms with Crippen LogP contribution in [-0.4, -0.2) is 103 Å². The summed E-state index contributed by atoms with van der Waals surface area (Å²) >= 11 is 0. The summed E-state index contributed by atoms with van der Waals surface area (Å²) in [5, 5.41) is 46.1. The molecule has 0 radical (unpaired) electrons. The van der Waals surface area contributed by atoms with E-state index < -0.39 is 58.0 Å². The van der Waals surface area contributed by atoms with Crippen LogP contribution in [0.15, 0.2) is 47.2 Å². The monoisotopic (exact) mass is 646 g/mol. The van der Waals surface area contributed by atoms with Gasteiger partial charge in [-0.1, -0.05) is 12.1 Å². The van der Waals surface area contributed by atoms with E-state index in [0.29, 0.717) is 16.8 Å². The van der Waals surface area contributed by atoms with Crippen LogP contribution in [0.5, 0.6) is 5.75 Å². The summed E-state index contributed by atoms with van der Waals surface area (Å²) in [5.74, 6) is -7.00. The van der Waals surface area contributed by atoms with Crippen molar-refractivity contribution in [2.45, 2.75) is 43.7 Å². The number of ketones is 3. The van der Waals surface area contributed by atoms with Crippen molar-refractivity contribution in [3.8, 4) is 5.75 Å². The molecule has 0 unspecified atom stereocenters. The molecule has 1 saturated carbocycles. The number of primary amides is 1. The maximum atomic E-state index is 14.2. The molecule has 1 amide bonds. The van der Waals surface area contributed by atoms with Gasteiger partial charge in [0.1, 0.15) is 28.6 Å². The van der Waals surface area contributed by atoms with Crippen LogP contribution in [0.4, 0.5) is 11.4 Å². The highest BCUT2D eigenvalue weighted by molar-refractivity contribution is 6.24. The highest BCUT2D eigenvalue weighted by Crippen LogP contribution is 2.54. The first-order chi connectivity index (χ1) is 22.0. The summed E-state index contributed by atoms with van der Waals surface area (Å²) in [4.78, 5) is 57.9. The average molecular weight is 647 g/mol. The van der Waals surface area contributed by atoms with Gasteiger partial charge in [-0.3, -0.25) is 24.1 Å². The molecule has 2 aromatic carbocycles. The van der Waals surface area contributed by atoms with E-state index in [4.69, 9.17) is 5.73 Å². The number of aromatic hydroxyl groups is 1. The second kappa shape index (κ2) is 12.2. The Morgan fingerprint density at radius 3 is 2.17 bits per heavy atom. The number of rotatable bonds is 9. The maximum Gasteiger partial charge on any atom is 0.255 e. The Bertz CT molecular complexity index is 1740. The number of nitrogens with two attached hydrogens (primary N) is 1. The fraction of sp³-hybridized carbons (Fsp3) is 0.429. The van der Waals surface area contributed by atoms with Gasteiger partial charge >= 0.3 is 0 Å². The molecule has 12 nitrogen and oxygen atoms in total. The first-order valence-corrected chi connectivity index (χ1v) is 15.5. The van der Waals surface area contributed by atoms with Crippen LogP contribution in [-0.2, 0) is 38.4 Å². The molecule has 0 aromatic heterocycles. The van der Waals surface area contributed by atoms with Gasteiger partial charge < -0.3 is 36.0 Å². The average Bonchev–Trinajstić information content (AvgIpc) is 2.98. The van der Waals surface area contributed by atoms with Crippen molar-refractivity contribution in [2.75, 3.05) is 52.1 Å². The molecule has 47 heavy (non-hydrogen) atoms. The zero-order chi connectivity index (χ0) is 34.7. The van der Waals surface area contributed by atoms with Gasteiger partial charge in [0.25, 0.3) is 5.91 Å². The van der Waals surface area contributed by atoms with E-state index in [1.165, 1.54) is 4.90 Å². The minimum Gasteiger partial charge on any atom is -0.508 e. The molecule has 0 saturated heterocycles. The van der Waals surface area contributed by atoms with E-state index in [1.54, 1.807) is 34.3 Å². The Balaban J connectivity index is 1.53. The molecule has 4 atom stereocenters. The minimum absolute atomic E-state index is 0.00513. The van der Waals surface area contributed by atoms with Crippen molar-refractivity contribution in [2.24, 2.45) is 17.6 Å². The number of likely N-dealkylation sites (N-methyl/N-ethyl adjacent to an activating group) is 1. The number of hydrogen-bond donors (Lipinski definition) is 5. The molecule has 0 aliphatic heterocycles. The number of fused-ring (bicyclic) bond motifs is 3. The van der Waals surface area contributed by atoms with Crippen molar-refractivity contribution in [1.82, 2.24) is 4.90 Å². The SMILES string of the molecule is CN(C)c1ccc(CC(=O)CCc2cc(N(C)C)c3c(c2O)C(O)=C2C(=O)[C@@]4(O)C(O)=C(C(N)=O)C(=O)[C@H](N(C)C)[C@H]4C[C@H]2C3)cc1. The van der Waals surface area contributed by atoms with Gasteiger partial charge in [0.2, 0.25) is 5.78 Å². The normalized spacial score (nSPS) is 23.8. The Labute approximate surface area is 273 Å². The molecule has 0 heterocycles. The van der Waals surface area contributed by atoms with Crippen molar-refractivity contribution in [3.05, 3.63) is 69.5 Å². The number of Topliss-reactive ketones (excluding diaryl/α,β-unsaturated/α-hetero) is 3. The second-order valence-electron chi connectivity index (χ2n) is 13.4. The number of aryl methyl sites for hydroxylation is 1. The third-order valence-electron chi connectivity index (χ3n) is 9.79. The number of amides is 1. The Morgan fingerprint density at radius 1 is 0.979 bits per heavy atom. The predicted octanol–water partition coefficient (Wildman–Crippen LogP) is 1.84.